The van der Waals surface area contributed by atoms with Crippen LogP contribution in [0.2, 0.25) is 0 Å². The summed E-state index contributed by atoms with van der Waals surface area (Å²) in [5.74, 6) is 1.41. The summed E-state index contributed by atoms with van der Waals surface area (Å²) in [5, 5.41) is 7.10. The standard InChI is InChI=1S/C25H27N3O7/c1-16(29)17-5-8-22(23(13-17)34-4)35-15-24(30)26-11-12-28-25(31)10-7-20(27-28)19-14-18(32-2)6-9-21(19)33-3/h5-10,13-14H,11-12,15H2,1-4H3,(H,26,30). The zero-order chi connectivity index (χ0) is 25.4. The first-order valence-corrected chi connectivity index (χ1v) is 10.7. The molecule has 0 atom stereocenters. The van der Waals surface area contributed by atoms with E-state index in [4.69, 9.17) is 18.9 Å². The van der Waals surface area contributed by atoms with Crippen molar-refractivity contribution in [1.29, 1.82) is 0 Å². The molecule has 3 rings (SSSR count). The molecule has 0 fully saturated rings. The van der Waals surface area contributed by atoms with Gasteiger partial charge in [-0.3, -0.25) is 14.4 Å². The molecule has 10 heteroatoms. The van der Waals surface area contributed by atoms with Crippen LogP contribution < -0.4 is 29.8 Å². The quantitative estimate of drug-likeness (QED) is 0.415. The second-order valence-electron chi connectivity index (χ2n) is 7.41. The maximum atomic E-state index is 12.3. The van der Waals surface area contributed by atoms with E-state index in [0.29, 0.717) is 39.8 Å². The maximum Gasteiger partial charge on any atom is 0.266 e. The summed E-state index contributed by atoms with van der Waals surface area (Å²) in [6.45, 7) is 1.50. The molecule has 1 N–H and O–H groups in total. The van der Waals surface area contributed by atoms with Crippen molar-refractivity contribution in [2.24, 2.45) is 0 Å². The number of methoxy groups -OCH3 is 3. The first kappa shape index (κ1) is 25.3. The fraction of sp³-hybridized carbons (Fsp3) is 0.280. The Morgan fingerprint density at radius 2 is 1.66 bits per heavy atom. The van der Waals surface area contributed by atoms with Gasteiger partial charge in [-0.25, -0.2) is 4.68 Å². The first-order valence-electron chi connectivity index (χ1n) is 10.7. The number of aromatic nitrogens is 2. The van der Waals surface area contributed by atoms with Crippen LogP contribution in [-0.2, 0) is 11.3 Å². The number of ether oxygens (including phenoxy) is 4. The number of hydrogen-bond acceptors (Lipinski definition) is 8. The second-order valence-corrected chi connectivity index (χ2v) is 7.41. The zero-order valence-electron chi connectivity index (χ0n) is 20.0. The highest BCUT2D eigenvalue weighted by atomic mass is 16.5. The SMILES string of the molecule is COc1ccc(OC)c(-c2ccc(=O)n(CCNC(=O)COc3ccc(C(C)=O)cc3OC)n2)c1. The molecule has 1 heterocycles. The molecule has 0 saturated heterocycles. The van der Waals surface area contributed by atoms with Gasteiger partial charge >= 0.3 is 0 Å². The molecule has 0 spiro atoms. The fourth-order valence-electron chi connectivity index (χ4n) is 3.27. The van der Waals surface area contributed by atoms with Gasteiger partial charge in [0.05, 0.1) is 33.6 Å². The molecule has 0 aliphatic heterocycles. The number of carbonyl (C=O) groups is 2. The molecule has 0 saturated carbocycles. The Labute approximate surface area is 202 Å². The number of carbonyl (C=O) groups excluding carboxylic acids is 2. The van der Waals surface area contributed by atoms with Gasteiger partial charge in [0, 0.05) is 23.7 Å². The van der Waals surface area contributed by atoms with E-state index in [-0.39, 0.29) is 36.9 Å². The topological polar surface area (TPSA) is 118 Å². The molecular weight excluding hydrogens is 454 g/mol. The highest BCUT2D eigenvalue weighted by Crippen LogP contribution is 2.31. The van der Waals surface area contributed by atoms with Gasteiger partial charge in [0.25, 0.3) is 11.5 Å². The van der Waals surface area contributed by atoms with Crippen LogP contribution in [0.3, 0.4) is 0 Å². The third-order valence-electron chi connectivity index (χ3n) is 5.12. The fourth-order valence-corrected chi connectivity index (χ4v) is 3.27. The van der Waals surface area contributed by atoms with Crippen molar-refractivity contribution in [1.82, 2.24) is 15.1 Å². The molecule has 3 aromatic rings. The third kappa shape index (κ3) is 6.38. The molecule has 184 valence electrons. The Bertz CT molecular complexity index is 1270. The van der Waals surface area contributed by atoms with Crippen LogP contribution in [-0.4, -0.2) is 56.0 Å². The average molecular weight is 482 g/mol. The third-order valence-corrected chi connectivity index (χ3v) is 5.12. The van der Waals surface area contributed by atoms with E-state index in [1.54, 1.807) is 56.7 Å². The molecule has 2 aromatic carbocycles. The van der Waals surface area contributed by atoms with Crippen LogP contribution >= 0.6 is 0 Å². The molecule has 1 aromatic heterocycles. The number of benzene rings is 2. The number of rotatable bonds is 11. The van der Waals surface area contributed by atoms with Gasteiger partial charge in [0.2, 0.25) is 0 Å². The number of nitrogens with zero attached hydrogens (tertiary/aromatic N) is 2. The lowest BCUT2D eigenvalue weighted by atomic mass is 10.1. The van der Waals surface area contributed by atoms with Gasteiger partial charge in [-0.1, -0.05) is 0 Å². The first-order chi connectivity index (χ1) is 16.9. The molecule has 10 nitrogen and oxygen atoms in total. The van der Waals surface area contributed by atoms with Crippen molar-refractivity contribution < 1.29 is 28.5 Å². The van der Waals surface area contributed by atoms with Crippen LogP contribution in [0.25, 0.3) is 11.3 Å². The minimum atomic E-state index is -0.388. The second kappa shape index (κ2) is 11.7. The lowest BCUT2D eigenvalue weighted by Gasteiger charge is -2.13. The molecule has 0 radical (unpaired) electrons. The van der Waals surface area contributed by atoms with Gasteiger partial charge < -0.3 is 24.3 Å². The summed E-state index contributed by atoms with van der Waals surface area (Å²) < 4.78 is 22.7. The van der Waals surface area contributed by atoms with Crippen LogP contribution in [0.1, 0.15) is 17.3 Å². The Hall–Kier alpha value is -4.34. The summed E-state index contributed by atoms with van der Waals surface area (Å²) in [6.07, 6.45) is 0. The number of ketones is 1. The summed E-state index contributed by atoms with van der Waals surface area (Å²) in [6, 6.07) is 13.0. The number of Topliss-reactive ketones (excluding diaryl/α,β-unsaturated/α-hetero) is 1. The molecular formula is C25H27N3O7. The van der Waals surface area contributed by atoms with E-state index >= 15 is 0 Å². The number of hydrogen-bond donors (Lipinski definition) is 1. The smallest absolute Gasteiger partial charge is 0.266 e. The summed E-state index contributed by atoms with van der Waals surface area (Å²) >= 11 is 0. The van der Waals surface area contributed by atoms with Gasteiger partial charge in [-0.15, -0.1) is 0 Å². The van der Waals surface area contributed by atoms with Crippen LogP contribution in [0.5, 0.6) is 23.0 Å². The van der Waals surface area contributed by atoms with E-state index in [1.165, 1.54) is 24.8 Å². The van der Waals surface area contributed by atoms with Gasteiger partial charge in [0.1, 0.15) is 11.5 Å². The van der Waals surface area contributed by atoms with Gasteiger partial charge in [0.15, 0.2) is 23.9 Å². The predicted octanol–water partition coefficient (Wildman–Crippen LogP) is 2.33. The maximum absolute atomic E-state index is 12.3. The van der Waals surface area contributed by atoms with Crippen LogP contribution in [0.4, 0.5) is 0 Å². The molecule has 0 aliphatic rings. The minimum Gasteiger partial charge on any atom is -0.497 e. The largest absolute Gasteiger partial charge is 0.497 e. The van der Waals surface area contributed by atoms with E-state index in [0.717, 1.165) is 0 Å². The Kier molecular flexibility index (Phi) is 8.44. The molecule has 35 heavy (non-hydrogen) atoms. The van der Waals surface area contributed by atoms with Crippen molar-refractivity contribution in [3.63, 3.8) is 0 Å². The van der Waals surface area contributed by atoms with E-state index < -0.39 is 0 Å². The normalized spacial score (nSPS) is 10.4. The van der Waals surface area contributed by atoms with Crippen molar-refractivity contribution in [2.75, 3.05) is 34.5 Å². The highest BCUT2D eigenvalue weighted by Gasteiger charge is 2.12. The number of amides is 1. The van der Waals surface area contributed by atoms with Crippen molar-refractivity contribution in [3.8, 4) is 34.3 Å². The molecule has 0 unspecified atom stereocenters. The summed E-state index contributed by atoms with van der Waals surface area (Å²) in [5.41, 5.74) is 1.36. The molecule has 1 amide bonds. The van der Waals surface area contributed by atoms with Gasteiger partial charge in [-0.2, -0.15) is 5.10 Å². The molecule has 0 bridgehead atoms. The Balaban J connectivity index is 1.62. The highest BCUT2D eigenvalue weighted by molar-refractivity contribution is 5.94. The van der Waals surface area contributed by atoms with Crippen molar-refractivity contribution in [2.45, 2.75) is 13.5 Å². The lowest BCUT2D eigenvalue weighted by Crippen LogP contribution is -2.34. The van der Waals surface area contributed by atoms with Crippen LogP contribution in [0, 0.1) is 0 Å². The van der Waals surface area contributed by atoms with E-state index in [9.17, 15) is 14.4 Å². The van der Waals surface area contributed by atoms with E-state index in [1.807, 2.05) is 0 Å². The average Bonchev–Trinajstić information content (AvgIpc) is 2.87. The summed E-state index contributed by atoms with van der Waals surface area (Å²) in [4.78, 5) is 36.0. The minimum absolute atomic E-state index is 0.106. The van der Waals surface area contributed by atoms with E-state index in [2.05, 4.69) is 10.4 Å². The zero-order valence-corrected chi connectivity index (χ0v) is 20.0. The Morgan fingerprint density at radius 3 is 2.34 bits per heavy atom. The van der Waals surface area contributed by atoms with Crippen molar-refractivity contribution >= 4 is 11.7 Å². The predicted molar refractivity (Wildman–Crippen MR) is 129 cm³/mol. The lowest BCUT2D eigenvalue weighted by molar-refractivity contribution is -0.123. The van der Waals surface area contributed by atoms with Crippen LogP contribution in [0.15, 0.2) is 53.3 Å². The van der Waals surface area contributed by atoms with Gasteiger partial charge in [-0.05, 0) is 49.4 Å². The Morgan fingerprint density at radius 1 is 0.914 bits per heavy atom. The number of nitrogens with one attached hydrogen (secondary N) is 1. The summed E-state index contributed by atoms with van der Waals surface area (Å²) in [7, 11) is 4.56. The monoisotopic (exact) mass is 481 g/mol. The van der Waals surface area contributed by atoms with Crippen molar-refractivity contribution in [3.05, 3.63) is 64.4 Å². The molecule has 0 aliphatic carbocycles.